The summed E-state index contributed by atoms with van der Waals surface area (Å²) in [4.78, 5) is 24.9. The van der Waals surface area contributed by atoms with E-state index >= 15 is 0 Å². The molecule has 0 spiro atoms. The fourth-order valence-electron chi connectivity index (χ4n) is 4.11. The third kappa shape index (κ3) is 4.38. The number of furan rings is 1. The summed E-state index contributed by atoms with van der Waals surface area (Å²) in [5.41, 5.74) is 0.824. The van der Waals surface area contributed by atoms with Crippen molar-refractivity contribution in [3.8, 4) is 11.3 Å². The quantitative estimate of drug-likeness (QED) is 0.393. The molecule has 5 rings (SSSR count). The number of amides is 1. The Kier molecular flexibility index (Phi) is 6.14. The second kappa shape index (κ2) is 9.35. The summed E-state index contributed by atoms with van der Waals surface area (Å²) in [6.45, 7) is 0. The maximum atomic E-state index is 13.4. The third-order valence-corrected chi connectivity index (χ3v) is 6.99. The number of nitrogens with zero attached hydrogens (tertiary/aromatic N) is 3. The molecule has 1 amide bonds. The van der Waals surface area contributed by atoms with E-state index in [1.807, 2.05) is 59.5 Å². The Labute approximate surface area is 196 Å². The first kappa shape index (κ1) is 21.0. The highest BCUT2D eigenvalue weighted by Crippen LogP contribution is 2.39. The van der Waals surface area contributed by atoms with E-state index < -0.39 is 0 Å². The van der Waals surface area contributed by atoms with Gasteiger partial charge in [-0.05, 0) is 61.0 Å². The maximum Gasteiger partial charge on any atom is 0.267 e. The van der Waals surface area contributed by atoms with Gasteiger partial charge in [-0.1, -0.05) is 49.1 Å². The standard InChI is InChI=1S/C25H22ClN3O2S/c26-20-11-5-4-10-19(20)21-14-13-18(31-21)16-22-24(30)29(17-8-2-1-3-9-17)25(32-22)28-23-12-6-7-15-27-23/h4-7,10-17H,1-3,8-9H2/b22-16+,28-25+. The van der Waals surface area contributed by atoms with Gasteiger partial charge in [0.25, 0.3) is 5.91 Å². The lowest BCUT2D eigenvalue weighted by Gasteiger charge is -2.30. The Morgan fingerprint density at radius 1 is 1.06 bits per heavy atom. The number of hydrogen-bond donors (Lipinski definition) is 0. The number of carbonyl (C=O) groups is 1. The minimum Gasteiger partial charge on any atom is -0.457 e. The van der Waals surface area contributed by atoms with Crippen LogP contribution in [-0.4, -0.2) is 27.0 Å². The van der Waals surface area contributed by atoms with Crippen LogP contribution in [0.3, 0.4) is 0 Å². The number of carbonyl (C=O) groups excluding carboxylic acids is 1. The normalized spacial score (nSPS) is 19.9. The van der Waals surface area contributed by atoms with Gasteiger partial charge in [0.15, 0.2) is 11.0 Å². The van der Waals surface area contributed by atoms with E-state index in [0.717, 1.165) is 31.2 Å². The zero-order valence-electron chi connectivity index (χ0n) is 17.4. The van der Waals surface area contributed by atoms with Gasteiger partial charge in [0.2, 0.25) is 0 Å². The fraction of sp³-hybridized carbons (Fsp3) is 0.240. The monoisotopic (exact) mass is 463 g/mol. The van der Waals surface area contributed by atoms with E-state index in [9.17, 15) is 4.79 Å². The van der Waals surface area contributed by atoms with Crippen LogP contribution in [0, 0.1) is 0 Å². The number of pyridine rings is 1. The molecular weight excluding hydrogens is 442 g/mol. The van der Waals surface area contributed by atoms with Gasteiger partial charge in [-0.15, -0.1) is 0 Å². The summed E-state index contributed by atoms with van der Waals surface area (Å²) < 4.78 is 6.00. The number of benzene rings is 1. The van der Waals surface area contributed by atoms with Gasteiger partial charge < -0.3 is 4.42 Å². The largest absolute Gasteiger partial charge is 0.457 e. The van der Waals surface area contributed by atoms with Crippen molar-refractivity contribution >= 4 is 46.3 Å². The van der Waals surface area contributed by atoms with Gasteiger partial charge in [-0.25, -0.2) is 9.98 Å². The van der Waals surface area contributed by atoms with Crippen molar-refractivity contribution in [1.29, 1.82) is 0 Å². The molecule has 1 saturated heterocycles. The topological polar surface area (TPSA) is 58.7 Å². The van der Waals surface area contributed by atoms with Crippen LogP contribution >= 0.6 is 23.4 Å². The number of aromatic nitrogens is 1. The minimum absolute atomic E-state index is 0.0210. The summed E-state index contributed by atoms with van der Waals surface area (Å²) in [5.74, 6) is 1.86. The average Bonchev–Trinajstić information content (AvgIpc) is 3.40. The summed E-state index contributed by atoms with van der Waals surface area (Å²) in [7, 11) is 0. The molecule has 0 atom stereocenters. The van der Waals surface area contributed by atoms with Crippen LogP contribution in [0.2, 0.25) is 5.02 Å². The molecular formula is C25H22ClN3O2S. The van der Waals surface area contributed by atoms with Crippen LogP contribution in [-0.2, 0) is 4.79 Å². The molecule has 32 heavy (non-hydrogen) atoms. The van der Waals surface area contributed by atoms with Crippen LogP contribution in [0.4, 0.5) is 5.82 Å². The van der Waals surface area contributed by atoms with E-state index in [2.05, 4.69) is 4.98 Å². The first-order chi connectivity index (χ1) is 15.7. The number of halogens is 1. The van der Waals surface area contributed by atoms with E-state index in [4.69, 9.17) is 21.0 Å². The highest BCUT2D eigenvalue weighted by atomic mass is 35.5. The van der Waals surface area contributed by atoms with E-state index in [-0.39, 0.29) is 11.9 Å². The molecule has 1 saturated carbocycles. The van der Waals surface area contributed by atoms with Crippen LogP contribution in [0.1, 0.15) is 37.9 Å². The third-order valence-electron chi connectivity index (χ3n) is 5.68. The van der Waals surface area contributed by atoms with Gasteiger partial charge in [-0.3, -0.25) is 9.69 Å². The van der Waals surface area contributed by atoms with E-state index in [1.54, 1.807) is 12.3 Å². The van der Waals surface area contributed by atoms with Gasteiger partial charge in [0, 0.05) is 23.9 Å². The molecule has 2 fully saturated rings. The molecule has 1 aromatic carbocycles. The van der Waals surface area contributed by atoms with Crippen molar-refractivity contribution in [3.05, 3.63) is 76.5 Å². The zero-order valence-corrected chi connectivity index (χ0v) is 19.0. The molecule has 3 aromatic rings. The molecule has 1 aliphatic heterocycles. The maximum absolute atomic E-state index is 13.4. The number of aliphatic imine (C=N–C) groups is 1. The number of hydrogen-bond acceptors (Lipinski definition) is 5. The van der Waals surface area contributed by atoms with Crippen molar-refractivity contribution in [2.24, 2.45) is 4.99 Å². The summed E-state index contributed by atoms with van der Waals surface area (Å²) in [6, 6.07) is 17.1. The van der Waals surface area contributed by atoms with Crippen LogP contribution in [0.25, 0.3) is 17.4 Å². The SMILES string of the molecule is O=C1/C(=C\c2ccc(-c3ccccc3Cl)o2)S/C(=N/c2ccccn2)N1C1CCCCC1. The van der Waals surface area contributed by atoms with Crippen LogP contribution in [0.15, 0.2) is 75.1 Å². The van der Waals surface area contributed by atoms with Crippen LogP contribution < -0.4 is 0 Å². The lowest BCUT2D eigenvalue weighted by Crippen LogP contribution is -2.40. The number of rotatable bonds is 4. The molecule has 3 heterocycles. The Balaban J connectivity index is 1.47. The second-order valence-electron chi connectivity index (χ2n) is 7.84. The van der Waals surface area contributed by atoms with Gasteiger partial charge in [-0.2, -0.15) is 0 Å². The molecule has 0 bridgehead atoms. The predicted octanol–water partition coefficient (Wildman–Crippen LogP) is 6.93. The molecule has 162 valence electrons. The Hall–Kier alpha value is -2.83. The zero-order chi connectivity index (χ0) is 21.9. The van der Waals surface area contributed by atoms with E-state index in [1.165, 1.54) is 18.2 Å². The van der Waals surface area contributed by atoms with Gasteiger partial charge in [0.1, 0.15) is 11.5 Å². The van der Waals surface area contributed by atoms with E-state index in [0.29, 0.717) is 32.4 Å². The smallest absolute Gasteiger partial charge is 0.267 e. The van der Waals surface area contributed by atoms with Crippen molar-refractivity contribution in [1.82, 2.24) is 9.88 Å². The lowest BCUT2D eigenvalue weighted by atomic mass is 9.94. The summed E-state index contributed by atoms with van der Waals surface area (Å²) in [5, 5.41) is 1.31. The predicted molar refractivity (Wildman–Crippen MR) is 130 cm³/mol. The molecule has 2 aliphatic rings. The number of thioether (sulfide) groups is 1. The Bertz CT molecular complexity index is 1180. The van der Waals surface area contributed by atoms with Crippen molar-refractivity contribution in [3.63, 3.8) is 0 Å². The molecule has 0 unspecified atom stereocenters. The fourth-order valence-corrected chi connectivity index (χ4v) is 5.36. The first-order valence-corrected chi connectivity index (χ1v) is 12.0. The van der Waals surface area contributed by atoms with Crippen molar-refractivity contribution < 1.29 is 9.21 Å². The van der Waals surface area contributed by atoms with Gasteiger partial charge >= 0.3 is 0 Å². The molecule has 5 nitrogen and oxygen atoms in total. The minimum atomic E-state index is -0.0210. The molecule has 0 N–H and O–H groups in total. The molecule has 7 heteroatoms. The second-order valence-corrected chi connectivity index (χ2v) is 9.26. The van der Waals surface area contributed by atoms with Crippen molar-refractivity contribution in [2.45, 2.75) is 38.1 Å². The summed E-state index contributed by atoms with van der Waals surface area (Å²) >= 11 is 7.68. The molecule has 1 aliphatic carbocycles. The van der Waals surface area contributed by atoms with Gasteiger partial charge in [0.05, 0.1) is 9.93 Å². The highest BCUT2D eigenvalue weighted by molar-refractivity contribution is 8.18. The molecule has 0 radical (unpaired) electrons. The highest BCUT2D eigenvalue weighted by Gasteiger charge is 2.39. The summed E-state index contributed by atoms with van der Waals surface area (Å²) in [6.07, 6.45) is 8.99. The Morgan fingerprint density at radius 2 is 1.88 bits per heavy atom. The Morgan fingerprint density at radius 3 is 2.66 bits per heavy atom. The lowest BCUT2D eigenvalue weighted by molar-refractivity contribution is -0.124. The number of amidine groups is 1. The first-order valence-electron chi connectivity index (χ1n) is 10.8. The molecule has 2 aromatic heterocycles. The van der Waals surface area contributed by atoms with Crippen molar-refractivity contribution in [2.75, 3.05) is 0 Å². The van der Waals surface area contributed by atoms with Crippen LogP contribution in [0.5, 0.6) is 0 Å². The average molecular weight is 464 g/mol.